The second kappa shape index (κ2) is 7.33. The van der Waals surface area contributed by atoms with Crippen molar-refractivity contribution in [1.82, 2.24) is 19.5 Å². The van der Waals surface area contributed by atoms with Gasteiger partial charge in [-0.1, -0.05) is 28.1 Å². The van der Waals surface area contributed by atoms with Crippen molar-refractivity contribution in [2.24, 2.45) is 0 Å². The third kappa shape index (κ3) is 3.72. The summed E-state index contributed by atoms with van der Waals surface area (Å²) in [6, 6.07) is 11.5. The molecule has 0 saturated carbocycles. The van der Waals surface area contributed by atoms with Crippen molar-refractivity contribution < 1.29 is 9.53 Å². The molecule has 0 amide bonds. The third-order valence-corrected chi connectivity index (χ3v) is 4.33. The molecule has 0 N–H and O–H groups in total. The van der Waals surface area contributed by atoms with Gasteiger partial charge in [-0.25, -0.2) is 14.3 Å². The molecule has 2 heterocycles. The van der Waals surface area contributed by atoms with Gasteiger partial charge in [-0.05, 0) is 38.4 Å². The highest BCUT2D eigenvalue weighted by molar-refractivity contribution is 9.10. The van der Waals surface area contributed by atoms with E-state index in [1.54, 1.807) is 10.6 Å². The van der Waals surface area contributed by atoms with Crippen LogP contribution in [-0.2, 0) is 11.2 Å². The Bertz CT molecular complexity index is 921. The van der Waals surface area contributed by atoms with Gasteiger partial charge in [0.25, 0.3) is 0 Å². The fraction of sp³-hybridized carbons (Fsp3) is 0.278. The number of benzene rings is 1. The largest absolute Gasteiger partial charge is 0.465 e. The lowest BCUT2D eigenvalue weighted by Gasteiger charge is -2.07. The number of fused-ring (bicyclic) bond motifs is 1. The summed E-state index contributed by atoms with van der Waals surface area (Å²) in [5, 5.41) is 4.62. The van der Waals surface area contributed by atoms with E-state index < -0.39 is 5.97 Å². The highest BCUT2D eigenvalue weighted by atomic mass is 79.9. The molecule has 0 atom stereocenters. The fourth-order valence-corrected chi connectivity index (χ4v) is 2.97. The van der Waals surface area contributed by atoms with E-state index in [0.717, 1.165) is 22.3 Å². The second-order valence-corrected chi connectivity index (χ2v) is 6.87. The maximum absolute atomic E-state index is 12.1. The van der Waals surface area contributed by atoms with Crippen molar-refractivity contribution in [3.05, 3.63) is 52.3 Å². The van der Waals surface area contributed by atoms with Crippen molar-refractivity contribution in [2.45, 2.75) is 6.42 Å². The van der Waals surface area contributed by atoms with Crippen LogP contribution in [0.25, 0.3) is 16.9 Å². The summed E-state index contributed by atoms with van der Waals surface area (Å²) < 4.78 is 7.58. The summed E-state index contributed by atoms with van der Waals surface area (Å²) in [6.45, 7) is 0.830. The Balaban J connectivity index is 2.16. The molecule has 6 nitrogen and oxygen atoms in total. The molecule has 7 heteroatoms. The first-order valence-electron chi connectivity index (χ1n) is 7.87. The number of halogens is 1. The number of aromatic nitrogens is 3. The molecule has 0 fully saturated rings. The Kier molecular flexibility index (Phi) is 5.15. The van der Waals surface area contributed by atoms with Gasteiger partial charge < -0.3 is 9.64 Å². The molecule has 1 aromatic carbocycles. The normalized spacial score (nSPS) is 11.2. The summed E-state index contributed by atoms with van der Waals surface area (Å²) in [6.07, 6.45) is 0.702. The highest BCUT2D eigenvalue weighted by Crippen LogP contribution is 2.25. The number of methoxy groups -OCH3 is 1. The van der Waals surface area contributed by atoms with Crippen LogP contribution in [0.5, 0.6) is 0 Å². The topological polar surface area (TPSA) is 59.7 Å². The van der Waals surface area contributed by atoms with Crippen LogP contribution in [0.3, 0.4) is 0 Å². The zero-order valence-electron chi connectivity index (χ0n) is 14.4. The van der Waals surface area contributed by atoms with Crippen LogP contribution in [0.2, 0.25) is 0 Å². The molecule has 0 aliphatic carbocycles. The zero-order chi connectivity index (χ0) is 18.0. The molecule has 3 aromatic rings. The fourth-order valence-electron chi connectivity index (χ4n) is 2.57. The van der Waals surface area contributed by atoms with E-state index in [1.807, 2.05) is 44.4 Å². The van der Waals surface area contributed by atoms with Gasteiger partial charge in [0, 0.05) is 23.0 Å². The van der Waals surface area contributed by atoms with Crippen LogP contribution in [0.4, 0.5) is 0 Å². The molecule has 3 rings (SSSR count). The molecular weight excluding hydrogens is 384 g/mol. The summed E-state index contributed by atoms with van der Waals surface area (Å²) in [5.74, 6) is 0.277. The molecule has 0 aliphatic heterocycles. The first-order chi connectivity index (χ1) is 12.0. The average Bonchev–Trinajstić information content (AvgIpc) is 3.02. The second-order valence-electron chi connectivity index (χ2n) is 5.95. The number of likely N-dealkylation sites (N-methyl/N-ethyl adjacent to an activating group) is 1. The number of rotatable bonds is 5. The van der Waals surface area contributed by atoms with Crippen LogP contribution in [-0.4, -0.2) is 53.2 Å². The maximum atomic E-state index is 12.1. The van der Waals surface area contributed by atoms with Gasteiger partial charge in [-0.3, -0.25) is 0 Å². The predicted molar refractivity (Wildman–Crippen MR) is 99.7 cm³/mol. The van der Waals surface area contributed by atoms with Crippen molar-refractivity contribution in [2.75, 3.05) is 27.7 Å². The van der Waals surface area contributed by atoms with Crippen LogP contribution < -0.4 is 0 Å². The molecule has 0 radical (unpaired) electrons. The molecule has 25 heavy (non-hydrogen) atoms. The number of pyridine rings is 1. The van der Waals surface area contributed by atoms with Gasteiger partial charge in [-0.2, -0.15) is 5.10 Å². The number of ether oxygens (including phenoxy) is 1. The minimum absolute atomic E-state index is 0.407. The quantitative estimate of drug-likeness (QED) is 0.613. The van der Waals surface area contributed by atoms with E-state index in [0.29, 0.717) is 23.5 Å². The molecule has 0 aliphatic rings. The Morgan fingerprint density at radius 1 is 1.28 bits per heavy atom. The van der Waals surface area contributed by atoms with E-state index in [1.165, 1.54) is 7.11 Å². The van der Waals surface area contributed by atoms with Crippen LogP contribution in [0, 0.1) is 0 Å². The van der Waals surface area contributed by atoms with Crippen LogP contribution in [0.1, 0.15) is 16.2 Å². The Labute approximate surface area is 154 Å². The van der Waals surface area contributed by atoms with Crippen molar-refractivity contribution in [3.63, 3.8) is 0 Å². The SMILES string of the molecule is COC(=O)c1ccc(-c2cccc(Br)c2)n2nc(CCN(C)C)nc12. The lowest BCUT2D eigenvalue weighted by atomic mass is 10.1. The molecule has 0 saturated heterocycles. The van der Waals surface area contributed by atoms with Gasteiger partial charge in [-0.15, -0.1) is 0 Å². The lowest BCUT2D eigenvalue weighted by molar-refractivity contribution is 0.0602. The average molecular weight is 403 g/mol. The van der Waals surface area contributed by atoms with Gasteiger partial charge in [0.05, 0.1) is 12.8 Å². The Morgan fingerprint density at radius 3 is 2.76 bits per heavy atom. The van der Waals surface area contributed by atoms with Crippen molar-refractivity contribution >= 4 is 27.5 Å². The minimum atomic E-state index is -0.419. The summed E-state index contributed by atoms with van der Waals surface area (Å²) in [5.41, 5.74) is 2.77. The van der Waals surface area contributed by atoms with Crippen LogP contribution >= 0.6 is 15.9 Å². The minimum Gasteiger partial charge on any atom is -0.465 e. The van der Waals surface area contributed by atoms with Gasteiger partial charge in [0.15, 0.2) is 11.5 Å². The molecule has 0 bridgehead atoms. The number of nitrogens with zero attached hydrogens (tertiary/aromatic N) is 4. The Morgan fingerprint density at radius 2 is 2.08 bits per heavy atom. The van der Waals surface area contributed by atoms with E-state index in [-0.39, 0.29) is 0 Å². The van der Waals surface area contributed by atoms with E-state index in [4.69, 9.17) is 4.74 Å². The molecule has 0 spiro atoms. The number of hydrogen-bond donors (Lipinski definition) is 0. The van der Waals surface area contributed by atoms with Gasteiger partial charge >= 0.3 is 5.97 Å². The highest BCUT2D eigenvalue weighted by Gasteiger charge is 2.18. The standard InChI is InChI=1S/C18H19BrN4O2/c1-22(2)10-9-16-20-17-14(18(24)25-3)7-8-15(23(17)21-16)12-5-4-6-13(19)11-12/h4-8,11H,9-10H2,1-3H3. The van der Waals surface area contributed by atoms with Crippen molar-refractivity contribution in [1.29, 1.82) is 0 Å². The number of hydrogen-bond acceptors (Lipinski definition) is 5. The van der Waals surface area contributed by atoms with Gasteiger partial charge in [0.1, 0.15) is 5.56 Å². The number of esters is 1. The lowest BCUT2D eigenvalue weighted by Crippen LogP contribution is -2.15. The Hall–Kier alpha value is -2.25. The first kappa shape index (κ1) is 17.6. The molecule has 2 aromatic heterocycles. The maximum Gasteiger partial charge on any atom is 0.341 e. The monoisotopic (exact) mass is 402 g/mol. The first-order valence-corrected chi connectivity index (χ1v) is 8.66. The van der Waals surface area contributed by atoms with Crippen molar-refractivity contribution in [3.8, 4) is 11.3 Å². The summed E-state index contributed by atoms with van der Waals surface area (Å²) in [4.78, 5) is 18.7. The number of carbonyl (C=O) groups excluding carboxylic acids is 1. The van der Waals surface area contributed by atoms with E-state index >= 15 is 0 Å². The predicted octanol–water partition coefficient (Wildman–Crippen LogP) is 3.05. The third-order valence-electron chi connectivity index (χ3n) is 3.84. The molecular formula is C18H19BrN4O2. The molecule has 130 valence electrons. The summed E-state index contributed by atoms with van der Waals surface area (Å²) in [7, 11) is 5.37. The van der Waals surface area contributed by atoms with Gasteiger partial charge in [0.2, 0.25) is 0 Å². The molecule has 0 unspecified atom stereocenters. The zero-order valence-corrected chi connectivity index (χ0v) is 15.9. The summed E-state index contributed by atoms with van der Waals surface area (Å²) >= 11 is 3.49. The van der Waals surface area contributed by atoms with E-state index in [2.05, 4.69) is 30.9 Å². The van der Waals surface area contributed by atoms with Crippen LogP contribution in [0.15, 0.2) is 40.9 Å². The van der Waals surface area contributed by atoms with E-state index in [9.17, 15) is 4.79 Å². The number of carbonyl (C=O) groups is 1. The smallest absolute Gasteiger partial charge is 0.341 e.